The van der Waals surface area contributed by atoms with Gasteiger partial charge in [-0.2, -0.15) is 0 Å². The van der Waals surface area contributed by atoms with E-state index in [1.165, 1.54) is 0 Å². The van der Waals surface area contributed by atoms with Crippen molar-refractivity contribution in [3.05, 3.63) is 35.9 Å². The highest BCUT2D eigenvalue weighted by molar-refractivity contribution is 6.22. The average molecular weight is 160 g/mol. The zero-order valence-electron chi connectivity index (χ0n) is 8.52. The molecule has 0 aromatic rings. The maximum absolute atomic E-state index is 5.82. The van der Waals surface area contributed by atoms with Crippen molar-refractivity contribution in [3.63, 3.8) is 0 Å². The van der Waals surface area contributed by atoms with Gasteiger partial charge in [0.1, 0.15) is 7.85 Å². The summed E-state index contributed by atoms with van der Waals surface area (Å²) in [7, 11) is 5.82. The fourth-order valence-corrected chi connectivity index (χ4v) is 0.566. The lowest BCUT2D eigenvalue weighted by Gasteiger charge is -2.19. The molecule has 0 N–H and O–H groups in total. The van der Waals surface area contributed by atoms with E-state index in [2.05, 4.69) is 27.4 Å². The van der Waals surface area contributed by atoms with Gasteiger partial charge in [-0.3, -0.25) is 0 Å². The third-order valence-corrected chi connectivity index (χ3v) is 1.52. The predicted octanol–water partition coefficient (Wildman–Crippen LogP) is 3.22. The van der Waals surface area contributed by atoms with Crippen molar-refractivity contribution >= 4 is 7.85 Å². The third kappa shape index (κ3) is 5.00. The second-order valence-corrected chi connectivity index (χ2v) is 4.08. The Hall–Kier alpha value is -0.715. The van der Waals surface area contributed by atoms with E-state index in [0.29, 0.717) is 0 Å². The van der Waals surface area contributed by atoms with Crippen molar-refractivity contribution in [2.24, 2.45) is 5.41 Å². The van der Waals surface area contributed by atoms with E-state index >= 15 is 0 Å². The fraction of sp³-hybridized carbons (Fsp3) is 0.455. The lowest BCUT2D eigenvalue weighted by atomic mass is 9.74. The van der Waals surface area contributed by atoms with E-state index in [-0.39, 0.29) is 5.41 Å². The van der Waals surface area contributed by atoms with Crippen molar-refractivity contribution in [2.45, 2.75) is 27.7 Å². The van der Waals surface area contributed by atoms with Crippen LogP contribution in [-0.2, 0) is 0 Å². The third-order valence-electron chi connectivity index (χ3n) is 1.52. The van der Waals surface area contributed by atoms with Crippen LogP contribution >= 0.6 is 0 Å². The average Bonchev–Trinajstić information content (AvgIpc) is 1.84. The Morgan fingerprint density at radius 3 is 2.17 bits per heavy atom. The summed E-state index contributed by atoms with van der Waals surface area (Å²) >= 11 is 0. The Bertz CT molecular complexity index is 214. The van der Waals surface area contributed by atoms with E-state index < -0.39 is 0 Å². The Labute approximate surface area is 77.5 Å². The van der Waals surface area contributed by atoms with Crippen LogP contribution in [0.25, 0.3) is 0 Å². The lowest BCUT2D eigenvalue weighted by Crippen LogP contribution is -2.08. The van der Waals surface area contributed by atoms with E-state index in [0.717, 1.165) is 11.0 Å². The Morgan fingerprint density at radius 2 is 1.83 bits per heavy atom. The van der Waals surface area contributed by atoms with E-state index in [1.54, 1.807) is 0 Å². The molecule has 0 aliphatic carbocycles. The number of rotatable bonds is 2. The van der Waals surface area contributed by atoms with Gasteiger partial charge in [0.25, 0.3) is 0 Å². The molecule has 0 amide bonds. The van der Waals surface area contributed by atoms with Crippen LogP contribution in [0, 0.1) is 5.41 Å². The molecular weight excluding hydrogens is 143 g/mol. The van der Waals surface area contributed by atoms with Gasteiger partial charge in [-0.05, 0) is 12.3 Å². The van der Waals surface area contributed by atoms with Crippen LogP contribution in [0.3, 0.4) is 0 Å². The smallest absolute Gasteiger partial charge is 0.108 e. The van der Waals surface area contributed by atoms with Crippen LogP contribution in [0.1, 0.15) is 27.7 Å². The monoisotopic (exact) mass is 160 g/mol. The maximum atomic E-state index is 5.82. The molecule has 0 aliphatic rings. The summed E-state index contributed by atoms with van der Waals surface area (Å²) in [5.41, 5.74) is 1.98. The molecule has 0 unspecified atom stereocenters. The molecule has 0 aromatic heterocycles. The summed E-state index contributed by atoms with van der Waals surface area (Å²) in [5, 5.41) is 0. The largest absolute Gasteiger partial charge is 0.113 e. The van der Waals surface area contributed by atoms with Gasteiger partial charge in [0.15, 0.2) is 0 Å². The minimum Gasteiger partial charge on any atom is -0.113 e. The van der Waals surface area contributed by atoms with Crippen LogP contribution in [0.5, 0.6) is 0 Å². The molecular formula is C11H17B. The molecule has 0 atom stereocenters. The highest BCUT2D eigenvalue weighted by atomic mass is 14.1. The second-order valence-electron chi connectivity index (χ2n) is 4.08. The molecule has 0 rings (SSSR count). The molecule has 0 aromatic carbocycles. The Balaban J connectivity index is 4.29. The number of hydrogen-bond donors (Lipinski definition) is 0. The highest BCUT2D eigenvalue weighted by Gasteiger charge is 2.09. The molecule has 0 saturated heterocycles. The molecule has 1 heteroatoms. The molecule has 0 aliphatic heterocycles. The quantitative estimate of drug-likeness (QED) is 0.429. The first-order valence-electron chi connectivity index (χ1n) is 4.14. The molecule has 2 radical (unpaired) electrons. The van der Waals surface area contributed by atoms with E-state index in [4.69, 9.17) is 7.85 Å². The molecule has 0 bridgehead atoms. The summed E-state index contributed by atoms with van der Waals surface area (Å²) in [5.74, 6) is 0. The van der Waals surface area contributed by atoms with Crippen LogP contribution in [0.4, 0.5) is 0 Å². The van der Waals surface area contributed by atoms with Crippen LogP contribution in [0.15, 0.2) is 35.9 Å². The zero-order valence-corrected chi connectivity index (χ0v) is 8.52. The molecule has 0 saturated carbocycles. The normalized spacial score (nSPS) is 13.8. The minimum absolute atomic E-state index is 0.0550. The Kier molecular flexibility index (Phi) is 4.09. The van der Waals surface area contributed by atoms with E-state index in [1.807, 2.05) is 25.2 Å². The zero-order chi connectivity index (χ0) is 9.78. The molecule has 0 nitrogen and oxygen atoms in total. The highest BCUT2D eigenvalue weighted by Crippen LogP contribution is 2.21. The summed E-state index contributed by atoms with van der Waals surface area (Å²) in [4.78, 5) is 0. The van der Waals surface area contributed by atoms with Crippen LogP contribution < -0.4 is 0 Å². The minimum atomic E-state index is 0.0550. The molecule has 0 spiro atoms. The fourth-order valence-electron chi connectivity index (χ4n) is 0.566. The van der Waals surface area contributed by atoms with Gasteiger partial charge in [0.05, 0.1) is 0 Å². The van der Waals surface area contributed by atoms with Gasteiger partial charge in [-0.25, -0.2) is 0 Å². The number of allylic oxidation sites excluding steroid dienone is 5. The molecule has 0 heterocycles. The first-order valence-corrected chi connectivity index (χ1v) is 4.14. The molecule has 64 valence electrons. The standard InChI is InChI=1S/C11H17B/c1-9(2)7-6-8-10(12)11(3,4)5/h6-8H,1H2,2-5H3/b7-6-,10-8+. The van der Waals surface area contributed by atoms with E-state index in [9.17, 15) is 0 Å². The summed E-state index contributed by atoms with van der Waals surface area (Å²) in [6, 6.07) is 0. The summed E-state index contributed by atoms with van der Waals surface area (Å²) in [6.07, 6.45) is 5.80. The number of hydrogen-bond acceptors (Lipinski definition) is 0. The Morgan fingerprint density at radius 1 is 1.33 bits per heavy atom. The van der Waals surface area contributed by atoms with Crippen molar-refractivity contribution in [3.8, 4) is 0 Å². The summed E-state index contributed by atoms with van der Waals surface area (Å²) < 4.78 is 0. The van der Waals surface area contributed by atoms with Crippen molar-refractivity contribution in [1.82, 2.24) is 0 Å². The first kappa shape index (κ1) is 11.3. The molecule has 0 fully saturated rings. The molecule has 12 heavy (non-hydrogen) atoms. The topological polar surface area (TPSA) is 0 Å². The van der Waals surface area contributed by atoms with Gasteiger partial charge in [-0.1, -0.05) is 51.2 Å². The summed E-state index contributed by atoms with van der Waals surface area (Å²) in [6.45, 7) is 12.0. The van der Waals surface area contributed by atoms with Gasteiger partial charge < -0.3 is 0 Å². The van der Waals surface area contributed by atoms with Crippen molar-refractivity contribution < 1.29 is 0 Å². The second kappa shape index (κ2) is 4.35. The first-order chi connectivity index (χ1) is 5.34. The van der Waals surface area contributed by atoms with Crippen molar-refractivity contribution in [1.29, 1.82) is 0 Å². The van der Waals surface area contributed by atoms with Gasteiger partial charge in [0, 0.05) is 0 Å². The van der Waals surface area contributed by atoms with Gasteiger partial charge in [0.2, 0.25) is 0 Å². The lowest BCUT2D eigenvalue weighted by molar-refractivity contribution is 0.530. The maximum Gasteiger partial charge on any atom is 0.108 e. The van der Waals surface area contributed by atoms with Crippen LogP contribution in [0.2, 0.25) is 0 Å². The van der Waals surface area contributed by atoms with Gasteiger partial charge >= 0.3 is 0 Å². The van der Waals surface area contributed by atoms with Crippen LogP contribution in [-0.4, -0.2) is 7.85 Å². The van der Waals surface area contributed by atoms with Crippen molar-refractivity contribution in [2.75, 3.05) is 0 Å². The SMILES string of the molecule is [B]/C(=C/C=C\C(=C)C)C(C)(C)C. The predicted molar refractivity (Wildman–Crippen MR) is 57.2 cm³/mol. The van der Waals surface area contributed by atoms with Gasteiger partial charge in [-0.15, -0.1) is 5.47 Å².